The van der Waals surface area contributed by atoms with Gasteiger partial charge in [0.1, 0.15) is 0 Å². The lowest BCUT2D eigenvalue weighted by molar-refractivity contribution is -0.131. The van der Waals surface area contributed by atoms with Crippen LogP contribution in [0.2, 0.25) is 0 Å². The molecule has 19 heavy (non-hydrogen) atoms. The number of carbonyl (C=O) groups excluding carboxylic acids is 1. The molecule has 0 radical (unpaired) electrons. The number of aryl methyl sites for hydroxylation is 1. The number of nitrogens with zero attached hydrogens (tertiary/aromatic N) is 2. The van der Waals surface area contributed by atoms with Gasteiger partial charge in [-0.05, 0) is 25.5 Å². The molecule has 1 aromatic carbocycles. The van der Waals surface area contributed by atoms with Gasteiger partial charge in [0.25, 0.3) is 0 Å². The Morgan fingerprint density at radius 2 is 1.89 bits per heavy atom. The van der Waals surface area contributed by atoms with Gasteiger partial charge in [-0.3, -0.25) is 4.79 Å². The van der Waals surface area contributed by atoms with Gasteiger partial charge in [0.15, 0.2) is 0 Å². The Balaban J connectivity index is 1.93. The van der Waals surface area contributed by atoms with Crippen LogP contribution >= 0.6 is 0 Å². The first-order valence-electron chi connectivity index (χ1n) is 6.92. The van der Waals surface area contributed by atoms with E-state index >= 15 is 0 Å². The van der Waals surface area contributed by atoms with E-state index in [1.807, 2.05) is 11.8 Å². The normalized spacial score (nSPS) is 17.4. The molecule has 0 aliphatic carbocycles. The topological polar surface area (TPSA) is 49.6 Å². The first kappa shape index (κ1) is 13.9. The Morgan fingerprint density at radius 3 is 2.47 bits per heavy atom. The van der Waals surface area contributed by atoms with Crippen molar-refractivity contribution in [2.24, 2.45) is 5.73 Å². The van der Waals surface area contributed by atoms with Gasteiger partial charge in [0.05, 0.1) is 0 Å². The van der Waals surface area contributed by atoms with Crippen LogP contribution in [0.1, 0.15) is 18.9 Å². The van der Waals surface area contributed by atoms with Crippen LogP contribution in [-0.4, -0.2) is 43.0 Å². The van der Waals surface area contributed by atoms with E-state index in [4.69, 9.17) is 5.73 Å². The third-order valence-electron chi connectivity index (χ3n) is 3.59. The highest BCUT2D eigenvalue weighted by Crippen LogP contribution is 2.20. The van der Waals surface area contributed by atoms with Gasteiger partial charge in [-0.15, -0.1) is 0 Å². The Hall–Kier alpha value is -1.55. The van der Waals surface area contributed by atoms with E-state index in [1.54, 1.807) is 0 Å². The molecule has 1 heterocycles. The van der Waals surface area contributed by atoms with Crippen LogP contribution in [0.5, 0.6) is 0 Å². The summed E-state index contributed by atoms with van der Waals surface area (Å²) in [6.45, 7) is 7.38. The zero-order chi connectivity index (χ0) is 13.8. The van der Waals surface area contributed by atoms with E-state index in [-0.39, 0.29) is 11.9 Å². The maximum Gasteiger partial charge on any atom is 0.224 e. The molecule has 0 spiro atoms. The van der Waals surface area contributed by atoms with Crippen LogP contribution in [0.25, 0.3) is 0 Å². The number of nitrogens with two attached hydrogens (primary N) is 1. The summed E-state index contributed by atoms with van der Waals surface area (Å²) in [5.41, 5.74) is 8.25. The first-order chi connectivity index (χ1) is 9.08. The fourth-order valence-corrected chi connectivity index (χ4v) is 2.52. The lowest BCUT2D eigenvalue weighted by Gasteiger charge is -2.37. The second kappa shape index (κ2) is 6.06. The summed E-state index contributed by atoms with van der Waals surface area (Å²) >= 11 is 0. The van der Waals surface area contributed by atoms with Gasteiger partial charge in [-0.25, -0.2) is 0 Å². The summed E-state index contributed by atoms with van der Waals surface area (Å²) in [5, 5.41) is 0. The Kier molecular flexibility index (Phi) is 4.43. The average molecular weight is 261 g/mol. The van der Waals surface area contributed by atoms with Crippen molar-refractivity contribution in [3.63, 3.8) is 0 Å². The molecule has 1 unspecified atom stereocenters. The highest BCUT2D eigenvalue weighted by atomic mass is 16.2. The number of para-hydroxylation sites is 1. The second-order valence-electron chi connectivity index (χ2n) is 5.34. The summed E-state index contributed by atoms with van der Waals surface area (Å²) < 4.78 is 0. The summed E-state index contributed by atoms with van der Waals surface area (Å²) in [5.74, 6) is 0.180. The molecule has 0 saturated carbocycles. The van der Waals surface area contributed by atoms with Crippen molar-refractivity contribution in [2.75, 3.05) is 31.1 Å². The molecule has 4 nitrogen and oxygen atoms in total. The van der Waals surface area contributed by atoms with Crippen molar-refractivity contribution in [2.45, 2.75) is 26.3 Å². The predicted molar refractivity (Wildman–Crippen MR) is 78.2 cm³/mol. The molecule has 4 heteroatoms. The summed E-state index contributed by atoms with van der Waals surface area (Å²) in [4.78, 5) is 16.2. The first-order valence-corrected chi connectivity index (χ1v) is 6.92. The highest BCUT2D eigenvalue weighted by molar-refractivity contribution is 5.77. The van der Waals surface area contributed by atoms with Gasteiger partial charge in [-0.1, -0.05) is 18.2 Å². The Morgan fingerprint density at radius 1 is 1.26 bits per heavy atom. The Labute approximate surface area is 115 Å². The summed E-state index contributed by atoms with van der Waals surface area (Å²) in [6, 6.07) is 8.34. The number of hydrogen-bond acceptors (Lipinski definition) is 3. The number of hydrogen-bond donors (Lipinski definition) is 1. The van der Waals surface area contributed by atoms with E-state index < -0.39 is 0 Å². The fourth-order valence-electron chi connectivity index (χ4n) is 2.52. The van der Waals surface area contributed by atoms with Crippen molar-refractivity contribution >= 4 is 11.6 Å². The molecule has 0 bridgehead atoms. The second-order valence-corrected chi connectivity index (χ2v) is 5.34. The number of benzene rings is 1. The molecule has 1 fully saturated rings. The quantitative estimate of drug-likeness (QED) is 0.894. The molecule has 1 aliphatic rings. The predicted octanol–water partition coefficient (Wildman–Crippen LogP) is 1.38. The fraction of sp³-hybridized carbons (Fsp3) is 0.533. The van der Waals surface area contributed by atoms with Crippen LogP contribution in [0.3, 0.4) is 0 Å². The molecule has 1 atom stereocenters. The third kappa shape index (κ3) is 3.47. The molecule has 0 aromatic heterocycles. The molecule has 1 amide bonds. The Bertz CT molecular complexity index is 437. The number of piperazine rings is 1. The number of carbonyl (C=O) groups is 1. The molecule has 1 aromatic rings. The van der Waals surface area contributed by atoms with Crippen molar-refractivity contribution in [3.05, 3.63) is 29.8 Å². The van der Waals surface area contributed by atoms with Gasteiger partial charge in [-0.2, -0.15) is 0 Å². The zero-order valence-corrected chi connectivity index (χ0v) is 11.8. The average Bonchev–Trinajstić information content (AvgIpc) is 2.39. The zero-order valence-electron chi connectivity index (χ0n) is 11.8. The summed E-state index contributed by atoms with van der Waals surface area (Å²) in [7, 11) is 0. The minimum absolute atomic E-state index is 0.0538. The minimum Gasteiger partial charge on any atom is -0.368 e. The molecule has 104 valence electrons. The number of rotatable bonds is 3. The SMILES string of the molecule is Cc1ccccc1N1CCN(C(=O)CC(C)N)CC1. The molecular weight excluding hydrogens is 238 g/mol. The number of anilines is 1. The largest absolute Gasteiger partial charge is 0.368 e. The molecule has 2 rings (SSSR count). The van der Waals surface area contributed by atoms with Crippen LogP contribution < -0.4 is 10.6 Å². The van der Waals surface area contributed by atoms with Crippen LogP contribution in [0, 0.1) is 6.92 Å². The van der Waals surface area contributed by atoms with Crippen molar-refractivity contribution in [3.8, 4) is 0 Å². The van der Waals surface area contributed by atoms with Crippen molar-refractivity contribution in [1.29, 1.82) is 0 Å². The minimum atomic E-state index is -0.0538. The standard InChI is InChI=1S/C15H23N3O/c1-12-5-3-4-6-14(12)17-7-9-18(10-8-17)15(19)11-13(2)16/h3-6,13H,7-11,16H2,1-2H3. The maximum absolute atomic E-state index is 11.9. The summed E-state index contributed by atoms with van der Waals surface area (Å²) in [6.07, 6.45) is 0.449. The van der Waals surface area contributed by atoms with E-state index in [1.165, 1.54) is 11.3 Å². The van der Waals surface area contributed by atoms with E-state index in [2.05, 4.69) is 36.1 Å². The smallest absolute Gasteiger partial charge is 0.224 e. The molecule has 1 saturated heterocycles. The maximum atomic E-state index is 11.9. The van der Waals surface area contributed by atoms with Gasteiger partial charge in [0.2, 0.25) is 5.91 Å². The third-order valence-corrected chi connectivity index (χ3v) is 3.59. The van der Waals surface area contributed by atoms with Crippen molar-refractivity contribution < 1.29 is 4.79 Å². The monoisotopic (exact) mass is 261 g/mol. The van der Waals surface area contributed by atoms with E-state index in [9.17, 15) is 4.79 Å². The number of amides is 1. The van der Waals surface area contributed by atoms with E-state index in [0.29, 0.717) is 6.42 Å². The van der Waals surface area contributed by atoms with Crippen molar-refractivity contribution in [1.82, 2.24) is 4.90 Å². The van der Waals surface area contributed by atoms with Gasteiger partial charge >= 0.3 is 0 Å². The molecule has 1 aliphatic heterocycles. The highest BCUT2D eigenvalue weighted by Gasteiger charge is 2.22. The lowest BCUT2D eigenvalue weighted by Crippen LogP contribution is -2.49. The molecular formula is C15H23N3O. The van der Waals surface area contributed by atoms with Crippen LogP contribution in [0.15, 0.2) is 24.3 Å². The molecule has 2 N–H and O–H groups in total. The van der Waals surface area contributed by atoms with Crippen LogP contribution in [-0.2, 0) is 4.79 Å². The van der Waals surface area contributed by atoms with Gasteiger partial charge < -0.3 is 15.5 Å². The van der Waals surface area contributed by atoms with Crippen LogP contribution in [0.4, 0.5) is 5.69 Å². The van der Waals surface area contributed by atoms with E-state index in [0.717, 1.165) is 26.2 Å². The van der Waals surface area contributed by atoms with Gasteiger partial charge in [0, 0.05) is 44.3 Å². The lowest BCUT2D eigenvalue weighted by atomic mass is 10.1.